The molecule has 0 fully saturated rings. The monoisotopic (exact) mass is 281 g/mol. The molecule has 0 aliphatic carbocycles. The first-order valence-corrected chi connectivity index (χ1v) is 8.05. The third-order valence-corrected chi connectivity index (χ3v) is 0. The van der Waals surface area contributed by atoms with Crippen LogP contribution in [0.1, 0.15) is 0 Å². The standard InChI is InChI=1S/2C3H9P.2ClH.Co/c2*1-4(2)3;;;/h2*1-3H3;2*1H;/q;;;;+2/p-2. The number of halogens is 2. The van der Waals surface area contributed by atoms with Crippen molar-refractivity contribution in [3.8, 4) is 0 Å². The van der Waals surface area contributed by atoms with Crippen LogP contribution in [0.25, 0.3) is 0 Å². The second-order valence-electron chi connectivity index (χ2n) is 2.68. The largest absolute Gasteiger partial charge is 2.00 e. The molecule has 0 heterocycles. The van der Waals surface area contributed by atoms with Crippen LogP contribution in [-0.4, -0.2) is 40.0 Å². The third-order valence-electron chi connectivity index (χ3n) is 0. The summed E-state index contributed by atoms with van der Waals surface area (Å²) < 4.78 is 0. The second-order valence-corrected chi connectivity index (χ2v) is 8.05. The van der Waals surface area contributed by atoms with Gasteiger partial charge in [0.2, 0.25) is 0 Å². The van der Waals surface area contributed by atoms with Gasteiger partial charge in [0.15, 0.2) is 0 Å². The Bertz CT molecular complexity index is 34.1. The van der Waals surface area contributed by atoms with Gasteiger partial charge in [0.25, 0.3) is 0 Å². The van der Waals surface area contributed by atoms with E-state index in [4.69, 9.17) is 0 Å². The Morgan fingerprint density at radius 2 is 0.545 bits per heavy atom. The fourth-order valence-electron chi connectivity index (χ4n) is 0. The molecule has 0 saturated carbocycles. The van der Waals surface area contributed by atoms with E-state index in [-0.39, 0.29) is 41.6 Å². The Kier molecular flexibility index (Phi) is 60.3. The first kappa shape index (κ1) is 29.3. The Balaban J connectivity index is -0.0000000171. The van der Waals surface area contributed by atoms with Crippen molar-refractivity contribution in [1.82, 2.24) is 0 Å². The minimum absolute atomic E-state index is 0. The van der Waals surface area contributed by atoms with Crippen LogP contribution in [0.15, 0.2) is 0 Å². The molecule has 0 aliphatic rings. The van der Waals surface area contributed by atoms with Crippen molar-refractivity contribution in [1.29, 1.82) is 0 Å². The Morgan fingerprint density at radius 1 is 0.545 bits per heavy atom. The van der Waals surface area contributed by atoms with Crippen molar-refractivity contribution in [2.45, 2.75) is 0 Å². The predicted octanol–water partition coefficient (Wildman–Crippen LogP) is -3.28. The topological polar surface area (TPSA) is 0 Å². The van der Waals surface area contributed by atoms with Gasteiger partial charge in [-0.05, 0) is 40.0 Å². The molecule has 0 spiro atoms. The molecule has 0 bridgehead atoms. The maximum Gasteiger partial charge on any atom is 2.00 e. The maximum absolute atomic E-state index is 2.23. The molecule has 11 heavy (non-hydrogen) atoms. The van der Waals surface area contributed by atoms with E-state index < -0.39 is 0 Å². The zero-order valence-electron chi connectivity index (χ0n) is 7.98. The van der Waals surface area contributed by atoms with Crippen LogP contribution in [0.3, 0.4) is 0 Å². The Morgan fingerprint density at radius 3 is 0.545 bits per heavy atom. The SMILES string of the molecule is CP(C)C.CP(C)C.[Cl-].[Cl-].[Co+2]. The van der Waals surface area contributed by atoms with E-state index in [1.807, 2.05) is 0 Å². The summed E-state index contributed by atoms with van der Waals surface area (Å²) in [6, 6.07) is 0. The minimum Gasteiger partial charge on any atom is -1.00 e. The van der Waals surface area contributed by atoms with E-state index in [1.54, 1.807) is 0 Å². The summed E-state index contributed by atoms with van der Waals surface area (Å²) in [5, 5.41) is 0. The van der Waals surface area contributed by atoms with Gasteiger partial charge in [-0.1, -0.05) is 0 Å². The van der Waals surface area contributed by atoms with E-state index in [2.05, 4.69) is 40.0 Å². The van der Waals surface area contributed by atoms with E-state index in [0.717, 1.165) is 0 Å². The van der Waals surface area contributed by atoms with E-state index >= 15 is 0 Å². The number of rotatable bonds is 0. The molecule has 0 aromatic heterocycles. The fourth-order valence-corrected chi connectivity index (χ4v) is 0. The zero-order valence-corrected chi connectivity index (χ0v) is 12.3. The first-order chi connectivity index (χ1) is 3.46. The van der Waals surface area contributed by atoms with Crippen molar-refractivity contribution in [3.05, 3.63) is 0 Å². The molecular formula is C6H18Cl2CoP2. The van der Waals surface area contributed by atoms with Gasteiger partial charge in [0.1, 0.15) is 0 Å². The summed E-state index contributed by atoms with van der Waals surface area (Å²) in [5.41, 5.74) is 0. The van der Waals surface area contributed by atoms with Gasteiger partial charge in [-0.2, -0.15) is 0 Å². The molecular weight excluding hydrogens is 264 g/mol. The molecule has 0 saturated heterocycles. The molecule has 75 valence electrons. The van der Waals surface area contributed by atoms with Crippen molar-refractivity contribution in [2.24, 2.45) is 0 Å². The molecule has 0 amide bonds. The van der Waals surface area contributed by atoms with Gasteiger partial charge in [-0.3, -0.25) is 0 Å². The summed E-state index contributed by atoms with van der Waals surface area (Å²) in [7, 11) is 0.759. The molecule has 0 aliphatic heterocycles. The molecule has 0 aromatic rings. The Hall–Kier alpha value is 1.95. The first-order valence-electron chi connectivity index (χ1n) is 2.68. The normalized spacial score (nSPS) is 6.55. The van der Waals surface area contributed by atoms with Gasteiger partial charge in [-0.25, -0.2) is 0 Å². The van der Waals surface area contributed by atoms with Crippen LogP contribution in [0, 0.1) is 0 Å². The van der Waals surface area contributed by atoms with Crippen molar-refractivity contribution in [3.63, 3.8) is 0 Å². The van der Waals surface area contributed by atoms with Gasteiger partial charge >= 0.3 is 16.8 Å². The summed E-state index contributed by atoms with van der Waals surface area (Å²) >= 11 is 0. The van der Waals surface area contributed by atoms with Crippen LogP contribution in [-0.2, 0) is 16.8 Å². The van der Waals surface area contributed by atoms with Crippen LogP contribution in [0.4, 0.5) is 0 Å². The Labute approximate surface area is 97.2 Å². The van der Waals surface area contributed by atoms with Gasteiger partial charge in [0.05, 0.1) is 0 Å². The molecule has 0 aromatic carbocycles. The van der Waals surface area contributed by atoms with Gasteiger partial charge in [0, 0.05) is 0 Å². The molecule has 5 heteroatoms. The molecule has 0 N–H and O–H groups in total. The second kappa shape index (κ2) is 22.7. The van der Waals surface area contributed by atoms with E-state index in [1.165, 1.54) is 0 Å². The smallest absolute Gasteiger partial charge is 1.00 e. The molecule has 0 atom stereocenters. The average Bonchev–Trinajstić information content (AvgIpc) is 1.25. The summed E-state index contributed by atoms with van der Waals surface area (Å²) in [6.45, 7) is 13.4. The fraction of sp³-hybridized carbons (Fsp3) is 1.00. The number of hydrogen-bond donors (Lipinski definition) is 0. The van der Waals surface area contributed by atoms with Crippen LogP contribution in [0.5, 0.6) is 0 Å². The van der Waals surface area contributed by atoms with E-state index in [9.17, 15) is 0 Å². The minimum atomic E-state index is 0. The zero-order chi connectivity index (χ0) is 7.15. The van der Waals surface area contributed by atoms with E-state index in [0.29, 0.717) is 15.8 Å². The molecule has 0 nitrogen and oxygen atoms in total. The van der Waals surface area contributed by atoms with Crippen molar-refractivity contribution < 1.29 is 41.6 Å². The van der Waals surface area contributed by atoms with Crippen molar-refractivity contribution in [2.75, 3.05) is 40.0 Å². The average molecular weight is 282 g/mol. The molecule has 0 unspecified atom stereocenters. The van der Waals surface area contributed by atoms with Crippen LogP contribution < -0.4 is 24.8 Å². The third kappa shape index (κ3) is 312. The predicted molar refractivity (Wildman–Crippen MR) is 49.4 cm³/mol. The molecule has 1 radical (unpaired) electrons. The van der Waals surface area contributed by atoms with Gasteiger partial charge in [-0.15, -0.1) is 15.8 Å². The summed E-state index contributed by atoms with van der Waals surface area (Å²) in [4.78, 5) is 0. The quantitative estimate of drug-likeness (QED) is 0.409. The van der Waals surface area contributed by atoms with Crippen LogP contribution >= 0.6 is 15.8 Å². The van der Waals surface area contributed by atoms with Crippen LogP contribution in [0.2, 0.25) is 0 Å². The number of hydrogen-bond acceptors (Lipinski definition) is 0. The van der Waals surface area contributed by atoms with Crippen molar-refractivity contribution >= 4 is 15.8 Å². The summed E-state index contributed by atoms with van der Waals surface area (Å²) in [6.07, 6.45) is 0. The summed E-state index contributed by atoms with van der Waals surface area (Å²) in [5.74, 6) is 0. The van der Waals surface area contributed by atoms with Gasteiger partial charge < -0.3 is 24.8 Å². The maximum atomic E-state index is 2.23. The molecule has 0 rings (SSSR count).